The minimum atomic E-state index is -1.98. The standard InChI is InChI=1S/C10H15O3P/c1-2-3-8-13-9-4-6-10(7-5-9)14(11)12/h4-7,11-12H,2-3,8H2,1H3. The molecule has 0 heterocycles. The summed E-state index contributed by atoms with van der Waals surface area (Å²) < 4.78 is 5.43. The van der Waals surface area contributed by atoms with Crippen LogP contribution in [0.1, 0.15) is 19.8 Å². The molecule has 0 unspecified atom stereocenters. The summed E-state index contributed by atoms with van der Waals surface area (Å²) in [7, 11) is -1.98. The Hall–Kier alpha value is -0.630. The summed E-state index contributed by atoms with van der Waals surface area (Å²) >= 11 is 0. The van der Waals surface area contributed by atoms with Crippen LogP contribution >= 0.6 is 8.38 Å². The van der Waals surface area contributed by atoms with Crippen molar-refractivity contribution in [2.45, 2.75) is 19.8 Å². The van der Waals surface area contributed by atoms with Crippen molar-refractivity contribution in [1.29, 1.82) is 0 Å². The minimum absolute atomic E-state index is 0.544. The molecule has 0 fully saturated rings. The lowest BCUT2D eigenvalue weighted by Crippen LogP contribution is -2.01. The highest BCUT2D eigenvalue weighted by Crippen LogP contribution is 2.23. The molecule has 0 saturated heterocycles. The Morgan fingerprint density at radius 3 is 2.36 bits per heavy atom. The SMILES string of the molecule is CCCCOc1ccc(P(O)O)cc1. The van der Waals surface area contributed by atoms with E-state index < -0.39 is 8.38 Å². The average molecular weight is 214 g/mol. The van der Waals surface area contributed by atoms with Gasteiger partial charge in [0.2, 0.25) is 0 Å². The zero-order valence-electron chi connectivity index (χ0n) is 8.18. The van der Waals surface area contributed by atoms with Crippen LogP contribution in [0.3, 0.4) is 0 Å². The maximum Gasteiger partial charge on any atom is 0.199 e. The molecule has 14 heavy (non-hydrogen) atoms. The molecule has 3 nitrogen and oxygen atoms in total. The lowest BCUT2D eigenvalue weighted by atomic mass is 10.3. The Morgan fingerprint density at radius 2 is 1.86 bits per heavy atom. The smallest absolute Gasteiger partial charge is 0.199 e. The predicted molar refractivity (Wildman–Crippen MR) is 57.8 cm³/mol. The van der Waals surface area contributed by atoms with Crippen molar-refractivity contribution in [2.75, 3.05) is 6.61 Å². The topological polar surface area (TPSA) is 49.7 Å². The van der Waals surface area contributed by atoms with Gasteiger partial charge in [-0.1, -0.05) is 13.3 Å². The van der Waals surface area contributed by atoms with Crippen LogP contribution in [0.4, 0.5) is 0 Å². The first-order valence-corrected chi connectivity index (χ1v) is 5.89. The highest BCUT2D eigenvalue weighted by molar-refractivity contribution is 7.54. The summed E-state index contributed by atoms with van der Waals surface area (Å²) in [5.74, 6) is 0.777. The predicted octanol–water partition coefficient (Wildman–Crippen LogP) is 1.79. The van der Waals surface area contributed by atoms with Gasteiger partial charge in [-0.3, -0.25) is 0 Å². The average Bonchev–Trinajstić information content (AvgIpc) is 2.19. The third-order valence-electron chi connectivity index (χ3n) is 1.83. The molecule has 2 N–H and O–H groups in total. The zero-order valence-corrected chi connectivity index (χ0v) is 9.08. The third kappa shape index (κ3) is 3.62. The first-order chi connectivity index (χ1) is 6.74. The largest absolute Gasteiger partial charge is 0.494 e. The molecular weight excluding hydrogens is 199 g/mol. The van der Waals surface area contributed by atoms with E-state index in [9.17, 15) is 0 Å². The molecule has 0 aromatic heterocycles. The molecule has 1 aromatic rings. The Morgan fingerprint density at radius 1 is 1.21 bits per heavy atom. The summed E-state index contributed by atoms with van der Waals surface area (Å²) in [5, 5.41) is 0.544. The fourth-order valence-corrected chi connectivity index (χ4v) is 1.43. The summed E-state index contributed by atoms with van der Waals surface area (Å²) in [5.41, 5.74) is 0. The van der Waals surface area contributed by atoms with Gasteiger partial charge in [0.15, 0.2) is 8.38 Å². The molecule has 0 aliphatic heterocycles. The zero-order chi connectivity index (χ0) is 10.4. The molecule has 1 rings (SSSR count). The van der Waals surface area contributed by atoms with Gasteiger partial charge in [-0.2, -0.15) is 0 Å². The van der Waals surface area contributed by atoms with Crippen LogP contribution in [0.5, 0.6) is 5.75 Å². The van der Waals surface area contributed by atoms with Crippen molar-refractivity contribution in [2.24, 2.45) is 0 Å². The van der Waals surface area contributed by atoms with Crippen LogP contribution in [0.25, 0.3) is 0 Å². The second-order valence-electron chi connectivity index (χ2n) is 2.99. The van der Waals surface area contributed by atoms with Gasteiger partial charge in [0, 0.05) is 5.30 Å². The Balaban J connectivity index is 2.47. The first-order valence-electron chi connectivity index (χ1n) is 4.64. The van der Waals surface area contributed by atoms with E-state index in [0.29, 0.717) is 11.9 Å². The van der Waals surface area contributed by atoms with Crippen LogP contribution < -0.4 is 10.0 Å². The van der Waals surface area contributed by atoms with Gasteiger partial charge in [-0.15, -0.1) is 0 Å². The lowest BCUT2D eigenvalue weighted by Gasteiger charge is -2.06. The summed E-state index contributed by atoms with van der Waals surface area (Å²) in [4.78, 5) is 17.8. The summed E-state index contributed by atoms with van der Waals surface area (Å²) in [6.07, 6.45) is 2.14. The Kier molecular flexibility index (Phi) is 4.88. The second kappa shape index (κ2) is 5.97. The number of ether oxygens (including phenoxy) is 1. The van der Waals surface area contributed by atoms with Gasteiger partial charge in [-0.05, 0) is 30.7 Å². The van der Waals surface area contributed by atoms with E-state index in [0.717, 1.165) is 18.6 Å². The fourth-order valence-electron chi connectivity index (χ4n) is 1.01. The van der Waals surface area contributed by atoms with Crippen LogP contribution in [-0.2, 0) is 0 Å². The fraction of sp³-hybridized carbons (Fsp3) is 0.400. The molecule has 0 atom stereocenters. The van der Waals surface area contributed by atoms with E-state index in [2.05, 4.69) is 6.92 Å². The van der Waals surface area contributed by atoms with E-state index in [4.69, 9.17) is 14.5 Å². The minimum Gasteiger partial charge on any atom is -0.494 e. The van der Waals surface area contributed by atoms with Crippen molar-refractivity contribution in [3.63, 3.8) is 0 Å². The third-order valence-corrected chi connectivity index (χ3v) is 2.59. The molecule has 78 valence electrons. The van der Waals surface area contributed by atoms with Crippen molar-refractivity contribution >= 4 is 13.7 Å². The Bertz CT molecular complexity index is 259. The van der Waals surface area contributed by atoms with Crippen molar-refractivity contribution < 1.29 is 14.5 Å². The molecule has 0 radical (unpaired) electrons. The first kappa shape index (κ1) is 11.4. The molecule has 0 spiro atoms. The highest BCUT2D eigenvalue weighted by Gasteiger charge is 2.02. The van der Waals surface area contributed by atoms with Gasteiger partial charge in [0.05, 0.1) is 6.61 Å². The van der Waals surface area contributed by atoms with Crippen LogP contribution in [0.15, 0.2) is 24.3 Å². The number of hydrogen-bond acceptors (Lipinski definition) is 3. The van der Waals surface area contributed by atoms with E-state index in [-0.39, 0.29) is 0 Å². The van der Waals surface area contributed by atoms with E-state index in [1.807, 2.05) is 0 Å². The van der Waals surface area contributed by atoms with Gasteiger partial charge in [-0.25, -0.2) is 0 Å². The maximum atomic E-state index is 8.91. The van der Waals surface area contributed by atoms with Gasteiger partial charge in [0.1, 0.15) is 5.75 Å². The number of hydrogen-bond donors (Lipinski definition) is 2. The molecule has 0 bridgehead atoms. The maximum absolute atomic E-state index is 8.91. The molecular formula is C10H15O3P. The van der Waals surface area contributed by atoms with Crippen LogP contribution in [0, 0.1) is 0 Å². The van der Waals surface area contributed by atoms with Crippen molar-refractivity contribution in [3.05, 3.63) is 24.3 Å². The number of benzene rings is 1. The van der Waals surface area contributed by atoms with Crippen molar-refractivity contribution in [1.82, 2.24) is 0 Å². The molecule has 0 amide bonds. The quantitative estimate of drug-likeness (QED) is 0.580. The van der Waals surface area contributed by atoms with Crippen LogP contribution in [-0.4, -0.2) is 16.4 Å². The summed E-state index contributed by atoms with van der Waals surface area (Å²) in [6, 6.07) is 6.86. The highest BCUT2D eigenvalue weighted by atomic mass is 31.2. The molecule has 0 aliphatic rings. The van der Waals surface area contributed by atoms with Gasteiger partial charge in [0.25, 0.3) is 0 Å². The van der Waals surface area contributed by atoms with Crippen LogP contribution in [0.2, 0.25) is 0 Å². The van der Waals surface area contributed by atoms with Crippen molar-refractivity contribution in [3.8, 4) is 5.75 Å². The monoisotopic (exact) mass is 214 g/mol. The van der Waals surface area contributed by atoms with Gasteiger partial charge < -0.3 is 14.5 Å². The number of unbranched alkanes of at least 4 members (excludes halogenated alkanes) is 1. The van der Waals surface area contributed by atoms with E-state index in [1.54, 1.807) is 24.3 Å². The number of rotatable bonds is 5. The Labute approximate surface area is 85.3 Å². The molecule has 0 aliphatic carbocycles. The molecule has 1 aromatic carbocycles. The lowest BCUT2D eigenvalue weighted by molar-refractivity contribution is 0.309. The normalized spacial score (nSPS) is 10.6. The molecule has 4 heteroatoms. The second-order valence-corrected chi connectivity index (χ2v) is 4.08. The van der Waals surface area contributed by atoms with E-state index >= 15 is 0 Å². The van der Waals surface area contributed by atoms with E-state index in [1.165, 1.54) is 0 Å². The summed E-state index contributed by atoms with van der Waals surface area (Å²) in [6.45, 7) is 2.82. The van der Waals surface area contributed by atoms with Gasteiger partial charge >= 0.3 is 0 Å². The molecule has 0 saturated carbocycles.